The molecule has 1 amide bonds. The Morgan fingerprint density at radius 1 is 1.30 bits per heavy atom. The fraction of sp³-hybridized carbons (Fsp3) is 0.688. The van der Waals surface area contributed by atoms with Gasteiger partial charge in [0, 0.05) is 5.92 Å². The van der Waals surface area contributed by atoms with Gasteiger partial charge in [0.15, 0.2) is 0 Å². The van der Waals surface area contributed by atoms with Crippen molar-refractivity contribution >= 4 is 5.91 Å². The summed E-state index contributed by atoms with van der Waals surface area (Å²) in [5, 5.41) is 0.935. The van der Waals surface area contributed by atoms with Gasteiger partial charge < -0.3 is 0 Å². The molecule has 3 nitrogen and oxygen atoms in total. The van der Waals surface area contributed by atoms with E-state index < -0.39 is 23.5 Å². The van der Waals surface area contributed by atoms with E-state index in [1.54, 1.807) is 6.08 Å². The smallest absolute Gasteiger partial charge is 0.272 e. The molecule has 0 aromatic carbocycles. The van der Waals surface area contributed by atoms with Crippen LogP contribution in [0.1, 0.15) is 38.5 Å². The van der Waals surface area contributed by atoms with Crippen molar-refractivity contribution in [2.24, 2.45) is 11.3 Å². The van der Waals surface area contributed by atoms with Crippen LogP contribution >= 0.6 is 0 Å². The Morgan fingerprint density at radius 3 is 2.57 bits per heavy atom. The average molecular weight is 333 g/mol. The maximum absolute atomic E-state index is 13.6. The van der Waals surface area contributed by atoms with E-state index in [2.05, 4.69) is 0 Å². The number of carbonyl (C=O) groups excluding carboxylic acids is 1. The van der Waals surface area contributed by atoms with Crippen molar-refractivity contribution in [3.05, 3.63) is 24.1 Å². The highest BCUT2D eigenvalue weighted by molar-refractivity contribution is 5.83. The molecule has 1 heterocycles. The van der Waals surface area contributed by atoms with Gasteiger partial charge in [-0.3, -0.25) is 9.63 Å². The van der Waals surface area contributed by atoms with Crippen molar-refractivity contribution in [3.63, 3.8) is 0 Å². The van der Waals surface area contributed by atoms with Crippen molar-refractivity contribution < 1.29 is 27.2 Å². The van der Waals surface area contributed by atoms with Gasteiger partial charge >= 0.3 is 6.18 Å². The van der Waals surface area contributed by atoms with Gasteiger partial charge in [-0.2, -0.15) is 13.2 Å². The van der Waals surface area contributed by atoms with E-state index in [1.807, 2.05) is 0 Å². The van der Waals surface area contributed by atoms with Crippen molar-refractivity contribution in [2.45, 2.75) is 50.7 Å². The number of hydroxylamine groups is 2. The first kappa shape index (κ1) is 16.5. The first-order valence-corrected chi connectivity index (χ1v) is 7.92. The average Bonchev–Trinajstić information content (AvgIpc) is 3.16. The van der Waals surface area contributed by atoms with E-state index in [0.29, 0.717) is 25.7 Å². The number of carbonyl (C=O) groups is 1. The van der Waals surface area contributed by atoms with E-state index in [-0.39, 0.29) is 31.2 Å². The van der Waals surface area contributed by atoms with Crippen LogP contribution in [-0.2, 0) is 9.63 Å². The van der Waals surface area contributed by atoms with Crippen LogP contribution < -0.4 is 0 Å². The Hall–Kier alpha value is -1.37. The van der Waals surface area contributed by atoms with Gasteiger partial charge in [0.2, 0.25) is 0 Å². The molecular formula is C16H19F4NO2. The quantitative estimate of drug-likeness (QED) is 0.713. The maximum atomic E-state index is 13.6. The molecule has 0 aromatic rings. The van der Waals surface area contributed by atoms with Crippen LogP contribution in [-0.4, -0.2) is 29.8 Å². The van der Waals surface area contributed by atoms with Crippen LogP contribution in [0.3, 0.4) is 0 Å². The van der Waals surface area contributed by atoms with Crippen LogP contribution in [0.15, 0.2) is 24.1 Å². The molecule has 0 radical (unpaired) electrons. The molecule has 1 saturated carbocycles. The molecular weight excluding hydrogens is 314 g/mol. The van der Waals surface area contributed by atoms with Gasteiger partial charge in [-0.1, -0.05) is 18.9 Å². The molecule has 0 spiro atoms. The summed E-state index contributed by atoms with van der Waals surface area (Å²) in [6, 6.07) is -0.470. The monoisotopic (exact) mass is 333 g/mol. The molecule has 7 heteroatoms. The number of hydrogen-bond donors (Lipinski definition) is 0. The number of halogens is 4. The van der Waals surface area contributed by atoms with Gasteiger partial charge in [0.05, 0.1) is 12.6 Å². The minimum atomic E-state index is -4.58. The third-order valence-corrected chi connectivity index (χ3v) is 5.14. The van der Waals surface area contributed by atoms with E-state index in [1.165, 1.54) is 12.2 Å². The lowest BCUT2D eigenvalue weighted by Gasteiger charge is -2.37. The summed E-state index contributed by atoms with van der Waals surface area (Å²) < 4.78 is 53.8. The van der Waals surface area contributed by atoms with Gasteiger partial charge in [0.1, 0.15) is 11.2 Å². The van der Waals surface area contributed by atoms with E-state index in [0.717, 1.165) is 5.06 Å². The SMILES string of the molecule is O=C(N1OCC[C@H]1C1C=CC(F)=CC1)C1(C(F)(F)F)CCCC1. The fourth-order valence-electron chi connectivity index (χ4n) is 3.79. The van der Waals surface area contributed by atoms with Crippen LogP contribution in [0.2, 0.25) is 0 Å². The number of nitrogens with zero attached hydrogens (tertiary/aromatic N) is 1. The lowest BCUT2D eigenvalue weighted by Crippen LogP contribution is -2.52. The molecule has 0 bridgehead atoms. The van der Waals surface area contributed by atoms with Crippen LogP contribution in [0.25, 0.3) is 0 Å². The van der Waals surface area contributed by atoms with Crippen molar-refractivity contribution in [1.82, 2.24) is 5.06 Å². The zero-order valence-corrected chi connectivity index (χ0v) is 12.6. The molecule has 0 N–H and O–H groups in total. The predicted molar refractivity (Wildman–Crippen MR) is 74.6 cm³/mol. The summed E-state index contributed by atoms with van der Waals surface area (Å²) in [6.45, 7) is 0.209. The maximum Gasteiger partial charge on any atom is 0.403 e. The largest absolute Gasteiger partial charge is 0.403 e. The highest BCUT2D eigenvalue weighted by Gasteiger charge is 2.63. The van der Waals surface area contributed by atoms with E-state index in [4.69, 9.17) is 4.84 Å². The van der Waals surface area contributed by atoms with Gasteiger partial charge in [-0.05, 0) is 37.8 Å². The second kappa shape index (κ2) is 5.92. The fourth-order valence-corrected chi connectivity index (χ4v) is 3.79. The summed E-state index contributed by atoms with van der Waals surface area (Å²) in [4.78, 5) is 18.0. The Balaban J connectivity index is 1.82. The first-order valence-electron chi connectivity index (χ1n) is 7.92. The highest BCUT2D eigenvalue weighted by atomic mass is 19.4. The molecule has 3 rings (SSSR count). The molecule has 2 atom stereocenters. The molecule has 0 aromatic heterocycles. The summed E-state index contributed by atoms with van der Waals surface area (Å²) in [7, 11) is 0. The number of alkyl halides is 3. The Bertz CT molecular complexity index is 535. The van der Waals surface area contributed by atoms with Gasteiger partial charge in [-0.25, -0.2) is 9.45 Å². The van der Waals surface area contributed by atoms with E-state index in [9.17, 15) is 22.4 Å². The number of allylic oxidation sites excluding steroid dienone is 3. The second-order valence-electron chi connectivity index (χ2n) is 6.45. The number of hydrogen-bond acceptors (Lipinski definition) is 2. The summed E-state index contributed by atoms with van der Waals surface area (Å²) >= 11 is 0. The van der Waals surface area contributed by atoms with Crippen LogP contribution in [0.4, 0.5) is 17.6 Å². The van der Waals surface area contributed by atoms with Gasteiger partial charge in [0.25, 0.3) is 5.91 Å². The zero-order valence-electron chi connectivity index (χ0n) is 12.6. The minimum absolute atomic E-state index is 0.184. The third kappa shape index (κ3) is 2.79. The van der Waals surface area contributed by atoms with Crippen LogP contribution in [0.5, 0.6) is 0 Å². The number of rotatable bonds is 2. The Kier molecular flexibility index (Phi) is 4.25. The summed E-state index contributed by atoms with van der Waals surface area (Å²) in [6.07, 6.45) is 0.958. The van der Waals surface area contributed by atoms with Crippen molar-refractivity contribution in [3.8, 4) is 0 Å². The third-order valence-electron chi connectivity index (χ3n) is 5.14. The normalized spacial score (nSPS) is 30.6. The van der Waals surface area contributed by atoms with Crippen LogP contribution in [0, 0.1) is 11.3 Å². The lowest BCUT2D eigenvalue weighted by molar-refractivity contribution is -0.246. The summed E-state index contributed by atoms with van der Waals surface area (Å²) in [5.41, 5.74) is -2.32. The molecule has 128 valence electrons. The molecule has 23 heavy (non-hydrogen) atoms. The van der Waals surface area contributed by atoms with Gasteiger partial charge in [-0.15, -0.1) is 0 Å². The molecule has 1 aliphatic heterocycles. The first-order chi connectivity index (χ1) is 10.8. The highest BCUT2D eigenvalue weighted by Crippen LogP contribution is 2.52. The zero-order chi connectivity index (χ0) is 16.7. The summed E-state index contributed by atoms with van der Waals surface area (Å²) in [5.74, 6) is -1.55. The minimum Gasteiger partial charge on any atom is -0.272 e. The predicted octanol–water partition coefficient (Wildman–Crippen LogP) is 4.07. The van der Waals surface area contributed by atoms with Crippen molar-refractivity contribution in [1.29, 1.82) is 0 Å². The Morgan fingerprint density at radius 2 is 2.00 bits per heavy atom. The molecule has 2 aliphatic carbocycles. The van der Waals surface area contributed by atoms with E-state index >= 15 is 0 Å². The standard InChI is InChI=1S/C16H19F4NO2/c17-12-5-3-11(4-6-12)13-7-10-23-21(13)14(22)15(16(18,19)20)8-1-2-9-15/h3,5-6,11,13H,1-2,4,7-10H2/t11?,13-/m0/s1. The Labute approximate surface area is 131 Å². The molecule has 3 aliphatic rings. The molecule has 2 fully saturated rings. The number of amides is 1. The second-order valence-corrected chi connectivity index (χ2v) is 6.45. The molecule has 1 unspecified atom stereocenters. The molecule has 1 saturated heterocycles. The topological polar surface area (TPSA) is 29.5 Å². The van der Waals surface area contributed by atoms with Crippen molar-refractivity contribution in [2.75, 3.05) is 6.61 Å². The lowest BCUT2D eigenvalue weighted by atomic mass is 9.82.